The molecule has 0 aliphatic carbocycles. The van der Waals surface area contributed by atoms with E-state index in [9.17, 15) is 9.59 Å². The highest BCUT2D eigenvalue weighted by atomic mass is 32.1. The molecule has 2 aliphatic heterocycles. The first kappa shape index (κ1) is 28.9. The number of piperazine rings is 1. The van der Waals surface area contributed by atoms with Crippen LogP contribution in [0.3, 0.4) is 0 Å². The Bertz CT molecular complexity index is 1870. The summed E-state index contributed by atoms with van der Waals surface area (Å²) in [6.07, 6.45) is 0. The van der Waals surface area contributed by atoms with E-state index in [0.717, 1.165) is 101 Å². The van der Waals surface area contributed by atoms with Gasteiger partial charge in [-0.1, -0.05) is 36.4 Å². The average molecular weight is 612 g/mol. The Morgan fingerprint density at radius 3 is 2.52 bits per heavy atom. The number of nitrogens with one attached hydrogen (secondary N) is 2. The number of aromatic nitrogens is 1. The molecule has 2 saturated heterocycles. The van der Waals surface area contributed by atoms with Gasteiger partial charge >= 0.3 is 0 Å². The number of morpholine rings is 1. The van der Waals surface area contributed by atoms with Gasteiger partial charge in [-0.2, -0.15) is 0 Å². The number of thiophene rings is 1. The molecule has 10 heteroatoms. The number of amides is 1. The topological polar surface area (TPSA) is 90.1 Å². The quantitative estimate of drug-likeness (QED) is 0.265. The highest BCUT2D eigenvalue weighted by molar-refractivity contribution is 7.26. The molecule has 2 aliphatic rings. The molecule has 2 N–H and O–H groups in total. The summed E-state index contributed by atoms with van der Waals surface area (Å²) in [7, 11) is 1.73. The predicted octanol–water partition coefficient (Wildman–Crippen LogP) is 4.60. The average Bonchev–Trinajstić information content (AvgIpc) is 3.45. The van der Waals surface area contributed by atoms with Crippen molar-refractivity contribution in [3.63, 3.8) is 0 Å². The number of anilines is 2. The van der Waals surface area contributed by atoms with Crippen molar-refractivity contribution in [2.75, 3.05) is 89.5 Å². The van der Waals surface area contributed by atoms with Gasteiger partial charge in [0.05, 0.1) is 37.6 Å². The van der Waals surface area contributed by atoms with E-state index in [-0.39, 0.29) is 11.3 Å². The lowest BCUT2D eigenvalue weighted by atomic mass is 9.98. The highest BCUT2D eigenvalue weighted by Crippen LogP contribution is 2.44. The first-order valence-electron chi connectivity index (χ1n) is 15.3. The molecule has 0 unspecified atom stereocenters. The zero-order valence-electron chi connectivity index (χ0n) is 24.9. The fourth-order valence-corrected chi connectivity index (χ4v) is 7.64. The van der Waals surface area contributed by atoms with Crippen LogP contribution in [0.15, 0.2) is 65.5 Å². The maximum atomic E-state index is 13.4. The molecule has 7 rings (SSSR count). The summed E-state index contributed by atoms with van der Waals surface area (Å²) in [6.45, 7) is 8.36. The van der Waals surface area contributed by atoms with Crippen molar-refractivity contribution in [3.05, 3.63) is 70.9 Å². The number of H-pyrrole nitrogens is 1. The molecular formula is C34H37N5O4S. The second kappa shape index (κ2) is 12.7. The van der Waals surface area contributed by atoms with Crippen molar-refractivity contribution in [2.24, 2.45) is 0 Å². The Labute approximate surface area is 260 Å². The van der Waals surface area contributed by atoms with Crippen molar-refractivity contribution in [3.8, 4) is 11.1 Å². The van der Waals surface area contributed by atoms with E-state index in [1.807, 2.05) is 30.3 Å². The van der Waals surface area contributed by atoms with E-state index in [2.05, 4.69) is 49.3 Å². The summed E-state index contributed by atoms with van der Waals surface area (Å²) in [4.78, 5) is 37.0. The number of aromatic amines is 1. The minimum absolute atomic E-state index is 0.00177. The van der Waals surface area contributed by atoms with Crippen LogP contribution in [-0.4, -0.2) is 100.0 Å². The molecule has 44 heavy (non-hydrogen) atoms. The van der Waals surface area contributed by atoms with Crippen LogP contribution in [0.5, 0.6) is 0 Å². The van der Waals surface area contributed by atoms with Crippen LogP contribution in [0.25, 0.3) is 42.2 Å². The monoisotopic (exact) mass is 611 g/mol. The molecule has 2 aromatic heterocycles. The van der Waals surface area contributed by atoms with Gasteiger partial charge in [0.2, 0.25) is 5.91 Å². The Hall–Kier alpha value is -3.80. The third-order valence-electron chi connectivity index (χ3n) is 8.74. The number of pyridine rings is 1. The number of hydrogen-bond donors (Lipinski definition) is 2. The van der Waals surface area contributed by atoms with Crippen LogP contribution in [0.4, 0.5) is 11.5 Å². The summed E-state index contributed by atoms with van der Waals surface area (Å²) >= 11 is 1.72. The van der Waals surface area contributed by atoms with Crippen LogP contribution in [0, 0.1) is 0 Å². The summed E-state index contributed by atoms with van der Waals surface area (Å²) in [6, 6.07) is 20.0. The van der Waals surface area contributed by atoms with Gasteiger partial charge in [-0.15, -0.1) is 11.3 Å². The number of nitrogens with zero attached hydrogens (tertiary/aromatic N) is 3. The number of hydrogen-bond acceptors (Lipinski definition) is 8. The number of para-hydroxylation sites is 1. The SMILES string of the molecule is COCCN1CCN(CC(=O)Nc2ccc(-c3cccc4c(=O)cc(N5CCOCC5)[nH]c34)c3sc4ccccc4c23)CC1. The van der Waals surface area contributed by atoms with E-state index in [1.54, 1.807) is 24.5 Å². The van der Waals surface area contributed by atoms with E-state index in [1.165, 1.54) is 0 Å². The molecule has 228 valence electrons. The van der Waals surface area contributed by atoms with Crippen molar-refractivity contribution in [1.82, 2.24) is 14.8 Å². The number of fused-ring (bicyclic) bond motifs is 4. The van der Waals surface area contributed by atoms with E-state index < -0.39 is 0 Å². The highest BCUT2D eigenvalue weighted by Gasteiger charge is 2.22. The van der Waals surface area contributed by atoms with Gasteiger partial charge in [0.15, 0.2) is 5.43 Å². The van der Waals surface area contributed by atoms with Gasteiger partial charge in [-0.25, -0.2) is 0 Å². The van der Waals surface area contributed by atoms with Crippen molar-refractivity contribution >= 4 is 59.8 Å². The molecule has 0 radical (unpaired) electrons. The standard InChI is InChI=1S/C34H37N5O4S/c1-42-18-15-37-11-13-38(14-12-37)22-31(41)35-27-10-9-24(34-32(27)26-5-2-3-8-29(26)44-34)23-6-4-7-25-28(40)21-30(36-33(23)25)39-16-19-43-20-17-39/h2-10,21H,11-20,22H2,1H3,(H,35,41)(H,36,40). The predicted molar refractivity (Wildman–Crippen MR) is 179 cm³/mol. The molecule has 0 bridgehead atoms. The first-order valence-corrected chi connectivity index (χ1v) is 16.1. The molecule has 0 spiro atoms. The largest absolute Gasteiger partial charge is 0.383 e. The molecule has 9 nitrogen and oxygen atoms in total. The molecule has 4 heterocycles. The molecular weight excluding hydrogens is 574 g/mol. The smallest absolute Gasteiger partial charge is 0.238 e. The number of methoxy groups -OCH3 is 1. The van der Waals surface area contributed by atoms with E-state index in [4.69, 9.17) is 9.47 Å². The molecule has 0 atom stereocenters. The maximum absolute atomic E-state index is 13.4. The number of benzene rings is 3. The minimum Gasteiger partial charge on any atom is -0.383 e. The molecule has 2 fully saturated rings. The summed E-state index contributed by atoms with van der Waals surface area (Å²) in [5.41, 5.74) is 3.63. The summed E-state index contributed by atoms with van der Waals surface area (Å²) in [5, 5.41) is 6.05. The Balaban J connectivity index is 1.24. The van der Waals surface area contributed by atoms with Crippen molar-refractivity contribution < 1.29 is 14.3 Å². The van der Waals surface area contributed by atoms with Gasteiger partial charge in [0, 0.05) is 95.7 Å². The van der Waals surface area contributed by atoms with Gasteiger partial charge in [-0.3, -0.25) is 19.4 Å². The molecule has 3 aromatic carbocycles. The molecule has 5 aromatic rings. The number of carbonyl (C=O) groups excluding carboxylic acids is 1. The third-order valence-corrected chi connectivity index (χ3v) is 9.94. The lowest BCUT2D eigenvalue weighted by Gasteiger charge is -2.34. The van der Waals surface area contributed by atoms with Gasteiger partial charge in [-0.05, 0) is 18.2 Å². The molecule has 1 amide bonds. The number of carbonyl (C=O) groups is 1. The van der Waals surface area contributed by atoms with Crippen LogP contribution >= 0.6 is 11.3 Å². The zero-order chi connectivity index (χ0) is 30.0. The fraction of sp³-hybridized carbons (Fsp3) is 0.353. The summed E-state index contributed by atoms with van der Waals surface area (Å²) < 4.78 is 13.0. The van der Waals surface area contributed by atoms with Gasteiger partial charge in [0.1, 0.15) is 5.82 Å². The second-order valence-corrected chi connectivity index (χ2v) is 12.5. The van der Waals surface area contributed by atoms with Gasteiger partial charge < -0.3 is 24.7 Å². The maximum Gasteiger partial charge on any atom is 0.238 e. The molecule has 0 saturated carbocycles. The zero-order valence-corrected chi connectivity index (χ0v) is 25.8. The van der Waals surface area contributed by atoms with E-state index in [0.29, 0.717) is 25.1 Å². The normalized spacial score (nSPS) is 16.7. The number of rotatable bonds is 8. The minimum atomic E-state index is -0.00989. The van der Waals surface area contributed by atoms with Crippen LogP contribution in [0.2, 0.25) is 0 Å². The van der Waals surface area contributed by atoms with E-state index >= 15 is 0 Å². The van der Waals surface area contributed by atoms with Crippen LogP contribution < -0.4 is 15.6 Å². The lowest BCUT2D eigenvalue weighted by Crippen LogP contribution is -2.49. The van der Waals surface area contributed by atoms with Crippen LogP contribution in [-0.2, 0) is 14.3 Å². The second-order valence-electron chi connectivity index (χ2n) is 11.5. The fourth-order valence-electron chi connectivity index (χ4n) is 6.39. The van der Waals surface area contributed by atoms with Crippen molar-refractivity contribution in [2.45, 2.75) is 0 Å². The third kappa shape index (κ3) is 5.71. The van der Waals surface area contributed by atoms with Crippen LogP contribution in [0.1, 0.15) is 0 Å². The Morgan fingerprint density at radius 1 is 0.932 bits per heavy atom. The van der Waals surface area contributed by atoms with Crippen molar-refractivity contribution in [1.29, 1.82) is 0 Å². The Morgan fingerprint density at radius 2 is 1.70 bits per heavy atom. The lowest BCUT2D eigenvalue weighted by molar-refractivity contribution is -0.117. The Kier molecular flexibility index (Phi) is 8.33. The first-order chi connectivity index (χ1) is 21.6. The number of ether oxygens (including phenoxy) is 2. The van der Waals surface area contributed by atoms with Gasteiger partial charge in [0.25, 0.3) is 0 Å². The summed E-state index contributed by atoms with van der Waals surface area (Å²) in [5.74, 6) is 0.804.